The molecule has 1 aliphatic heterocycles. The van der Waals surface area contributed by atoms with Crippen molar-refractivity contribution in [1.29, 1.82) is 0 Å². The summed E-state index contributed by atoms with van der Waals surface area (Å²) >= 11 is 0. The summed E-state index contributed by atoms with van der Waals surface area (Å²) in [5.74, 6) is 0. The molecule has 1 saturated heterocycles. The Morgan fingerprint density at radius 1 is 1.30 bits per heavy atom. The number of likely N-dealkylation sites (N-methyl/N-ethyl adjacent to an activating group) is 1. The SMILES string of the molecule is CCN(CC)C1CCN(Cc2cccc(B(O)O)c2)C1. The maximum absolute atomic E-state index is 9.22. The molecule has 2 N–H and O–H groups in total. The molecule has 0 aromatic heterocycles. The van der Waals surface area contributed by atoms with E-state index >= 15 is 0 Å². The second-order valence-electron chi connectivity index (χ2n) is 5.52. The number of hydrogen-bond donors (Lipinski definition) is 2. The number of nitrogens with zero attached hydrogens (tertiary/aromatic N) is 2. The van der Waals surface area contributed by atoms with Gasteiger partial charge in [-0.2, -0.15) is 0 Å². The number of likely N-dealkylation sites (tertiary alicyclic amines) is 1. The molecule has 0 amide bonds. The zero-order chi connectivity index (χ0) is 14.5. The third kappa shape index (κ3) is 3.82. The molecule has 0 radical (unpaired) electrons. The van der Waals surface area contributed by atoms with Crippen LogP contribution in [0.2, 0.25) is 0 Å². The van der Waals surface area contributed by atoms with Gasteiger partial charge >= 0.3 is 7.12 Å². The van der Waals surface area contributed by atoms with Gasteiger partial charge in [0.1, 0.15) is 0 Å². The van der Waals surface area contributed by atoms with Crippen LogP contribution in [0.25, 0.3) is 0 Å². The Bertz CT molecular complexity index is 424. The fourth-order valence-corrected chi connectivity index (χ4v) is 3.10. The number of benzene rings is 1. The van der Waals surface area contributed by atoms with Gasteiger partial charge in [0.05, 0.1) is 0 Å². The molecular formula is C15H25BN2O2. The van der Waals surface area contributed by atoms with Gasteiger partial charge in [-0.25, -0.2) is 0 Å². The quantitative estimate of drug-likeness (QED) is 0.733. The fraction of sp³-hybridized carbons (Fsp3) is 0.600. The zero-order valence-electron chi connectivity index (χ0n) is 12.5. The summed E-state index contributed by atoms with van der Waals surface area (Å²) < 4.78 is 0. The molecule has 0 aliphatic carbocycles. The summed E-state index contributed by atoms with van der Waals surface area (Å²) in [5, 5.41) is 18.4. The van der Waals surface area contributed by atoms with Crippen molar-refractivity contribution in [2.75, 3.05) is 26.2 Å². The molecule has 1 aliphatic rings. The topological polar surface area (TPSA) is 46.9 Å². The number of rotatable bonds is 6. The van der Waals surface area contributed by atoms with Crippen molar-refractivity contribution in [3.05, 3.63) is 29.8 Å². The van der Waals surface area contributed by atoms with Crippen LogP contribution in [-0.2, 0) is 6.54 Å². The Hall–Kier alpha value is -0.875. The molecule has 20 heavy (non-hydrogen) atoms. The highest BCUT2D eigenvalue weighted by Gasteiger charge is 2.26. The summed E-state index contributed by atoms with van der Waals surface area (Å²) in [6.07, 6.45) is 1.23. The van der Waals surface area contributed by atoms with Gasteiger partial charge in [-0.3, -0.25) is 9.80 Å². The van der Waals surface area contributed by atoms with Crippen molar-refractivity contribution < 1.29 is 10.0 Å². The van der Waals surface area contributed by atoms with Crippen molar-refractivity contribution in [3.8, 4) is 0 Å². The summed E-state index contributed by atoms with van der Waals surface area (Å²) in [6.45, 7) is 9.78. The summed E-state index contributed by atoms with van der Waals surface area (Å²) in [7, 11) is -1.38. The van der Waals surface area contributed by atoms with E-state index in [2.05, 4.69) is 29.7 Å². The highest BCUT2D eigenvalue weighted by atomic mass is 16.4. The summed E-state index contributed by atoms with van der Waals surface area (Å²) in [4.78, 5) is 4.97. The van der Waals surface area contributed by atoms with Crippen LogP contribution >= 0.6 is 0 Å². The van der Waals surface area contributed by atoms with Gasteiger partial charge in [-0.05, 0) is 30.5 Å². The second-order valence-corrected chi connectivity index (χ2v) is 5.52. The molecule has 110 valence electrons. The van der Waals surface area contributed by atoms with Crippen LogP contribution in [0, 0.1) is 0 Å². The average molecular weight is 276 g/mol. The lowest BCUT2D eigenvalue weighted by Gasteiger charge is -2.26. The first-order valence-corrected chi connectivity index (χ1v) is 7.55. The van der Waals surface area contributed by atoms with Crippen LogP contribution in [-0.4, -0.2) is 59.2 Å². The van der Waals surface area contributed by atoms with E-state index in [1.807, 2.05) is 12.1 Å². The van der Waals surface area contributed by atoms with E-state index in [1.54, 1.807) is 6.07 Å². The van der Waals surface area contributed by atoms with Gasteiger partial charge in [0.15, 0.2) is 0 Å². The van der Waals surface area contributed by atoms with E-state index in [-0.39, 0.29) is 0 Å². The molecular weight excluding hydrogens is 251 g/mol. The van der Waals surface area contributed by atoms with Crippen LogP contribution < -0.4 is 5.46 Å². The van der Waals surface area contributed by atoms with Crippen molar-refractivity contribution in [2.45, 2.75) is 32.9 Å². The first kappa shape index (κ1) is 15.5. The lowest BCUT2D eigenvalue weighted by atomic mass is 9.79. The third-order valence-electron chi connectivity index (χ3n) is 4.23. The monoisotopic (exact) mass is 276 g/mol. The molecule has 0 spiro atoms. The van der Waals surface area contributed by atoms with Gasteiger partial charge < -0.3 is 10.0 Å². The second kappa shape index (κ2) is 7.22. The van der Waals surface area contributed by atoms with E-state index in [0.29, 0.717) is 11.5 Å². The molecule has 1 aromatic carbocycles. The smallest absolute Gasteiger partial charge is 0.423 e. The maximum atomic E-state index is 9.22. The van der Waals surface area contributed by atoms with Crippen LogP contribution in [0.4, 0.5) is 0 Å². The molecule has 0 bridgehead atoms. The highest BCUT2D eigenvalue weighted by molar-refractivity contribution is 6.58. The minimum atomic E-state index is -1.38. The first-order chi connectivity index (χ1) is 9.63. The minimum Gasteiger partial charge on any atom is -0.423 e. The normalized spacial score (nSPS) is 19.8. The van der Waals surface area contributed by atoms with E-state index in [1.165, 1.54) is 6.42 Å². The van der Waals surface area contributed by atoms with Crippen molar-refractivity contribution >= 4 is 12.6 Å². The van der Waals surface area contributed by atoms with E-state index in [0.717, 1.165) is 38.3 Å². The molecule has 4 nitrogen and oxygen atoms in total. The van der Waals surface area contributed by atoms with Gasteiger partial charge in [-0.1, -0.05) is 38.1 Å². The van der Waals surface area contributed by atoms with E-state index in [9.17, 15) is 10.0 Å². The predicted molar refractivity (Wildman–Crippen MR) is 82.9 cm³/mol. The Morgan fingerprint density at radius 2 is 2.05 bits per heavy atom. The third-order valence-corrected chi connectivity index (χ3v) is 4.23. The van der Waals surface area contributed by atoms with E-state index in [4.69, 9.17) is 0 Å². The van der Waals surface area contributed by atoms with Crippen LogP contribution in [0.15, 0.2) is 24.3 Å². The molecule has 1 fully saturated rings. The molecule has 1 heterocycles. The lowest BCUT2D eigenvalue weighted by molar-refractivity contribution is 0.209. The Kier molecular flexibility index (Phi) is 5.60. The average Bonchev–Trinajstić information content (AvgIpc) is 2.89. The Labute approximate surface area is 122 Å². The van der Waals surface area contributed by atoms with Crippen LogP contribution in [0.3, 0.4) is 0 Å². The Balaban J connectivity index is 1.93. The molecule has 1 atom stereocenters. The molecule has 0 saturated carbocycles. The standard InChI is InChI=1S/C15H25BN2O2/c1-3-18(4-2)15-8-9-17(12-15)11-13-6-5-7-14(10-13)16(19)20/h5-7,10,15,19-20H,3-4,8-9,11-12H2,1-2H3. The van der Waals surface area contributed by atoms with Crippen LogP contribution in [0.5, 0.6) is 0 Å². The molecule has 2 rings (SSSR count). The Morgan fingerprint density at radius 3 is 2.70 bits per heavy atom. The van der Waals surface area contributed by atoms with Gasteiger partial charge in [-0.15, -0.1) is 0 Å². The number of hydrogen-bond acceptors (Lipinski definition) is 4. The molecule has 1 unspecified atom stereocenters. The largest absolute Gasteiger partial charge is 0.488 e. The van der Waals surface area contributed by atoms with Crippen molar-refractivity contribution in [3.63, 3.8) is 0 Å². The van der Waals surface area contributed by atoms with Crippen LogP contribution in [0.1, 0.15) is 25.8 Å². The van der Waals surface area contributed by atoms with E-state index < -0.39 is 7.12 Å². The van der Waals surface area contributed by atoms with Gasteiger partial charge in [0.25, 0.3) is 0 Å². The zero-order valence-corrected chi connectivity index (χ0v) is 12.5. The summed E-state index contributed by atoms with van der Waals surface area (Å²) in [6, 6.07) is 8.24. The lowest BCUT2D eigenvalue weighted by Crippen LogP contribution is -2.37. The predicted octanol–water partition coefficient (Wildman–Crippen LogP) is 0.283. The van der Waals surface area contributed by atoms with Crippen molar-refractivity contribution in [2.24, 2.45) is 0 Å². The highest BCUT2D eigenvalue weighted by Crippen LogP contribution is 2.17. The van der Waals surface area contributed by atoms with Gasteiger partial charge in [0, 0.05) is 25.7 Å². The van der Waals surface area contributed by atoms with Gasteiger partial charge in [0.2, 0.25) is 0 Å². The maximum Gasteiger partial charge on any atom is 0.488 e. The molecule has 5 heteroatoms. The van der Waals surface area contributed by atoms with Crippen molar-refractivity contribution in [1.82, 2.24) is 9.80 Å². The first-order valence-electron chi connectivity index (χ1n) is 7.55. The minimum absolute atomic E-state index is 0.571. The molecule has 1 aromatic rings. The summed E-state index contributed by atoms with van der Waals surface area (Å²) in [5.41, 5.74) is 1.72. The fourth-order valence-electron chi connectivity index (χ4n) is 3.10.